The zero-order valence-electron chi connectivity index (χ0n) is 28.3. The number of nitrogens with zero attached hydrogens (tertiary/aromatic N) is 1. The highest BCUT2D eigenvalue weighted by Gasteiger charge is 2.15. The van der Waals surface area contributed by atoms with Crippen molar-refractivity contribution >= 4 is 88.2 Å². The SMILES string of the molecule is c1ccc2c(Nc3ccc(-n4c5cc(Nc6cccc7ccccc67)ccc5c5ccc(Nc6cccc7ccccc67)cc54)cc3)cccc2c1. The second-order valence-electron chi connectivity index (χ2n) is 13.3. The molecule has 0 fully saturated rings. The van der Waals surface area contributed by atoms with Crippen LogP contribution in [0.15, 0.2) is 188 Å². The number of nitrogens with one attached hydrogen (secondary N) is 3. The van der Waals surface area contributed by atoms with Crippen LogP contribution >= 0.6 is 0 Å². The summed E-state index contributed by atoms with van der Waals surface area (Å²) in [6.07, 6.45) is 0. The second kappa shape index (κ2) is 12.4. The monoisotopic (exact) mass is 666 g/mol. The molecule has 0 radical (unpaired) electrons. The van der Waals surface area contributed by atoms with E-state index in [0.29, 0.717) is 0 Å². The summed E-state index contributed by atoms with van der Waals surface area (Å²) in [6.45, 7) is 0. The van der Waals surface area contributed by atoms with E-state index in [1.54, 1.807) is 0 Å². The van der Waals surface area contributed by atoms with Gasteiger partial charge in [-0.1, -0.05) is 121 Å². The standard InChI is InChI=1S/C48H34N4/c1-4-16-39-32(10-1)13-7-19-44(39)49-35-22-26-38(27-23-35)52-47-30-36(50-45-20-8-14-33-11-2-5-17-40(33)45)24-28-42(47)43-29-25-37(31-48(43)52)51-46-21-9-15-34-12-3-6-18-41(34)46/h1-31,49-51H. The summed E-state index contributed by atoms with van der Waals surface area (Å²) in [7, 11) is 0. The Bertz CT molecular complexity index is 2780. The van der Waals surface area contributed by atoms with E-state index in [0.717, 1.165) is 50.8 Å². The number of hydrogen-bond donors (Lipinski definition) is 3. The van der Waals surface area contributed by atoms with Crippen molar-refractivity contribution in [3.05, 3.63) is 188 Å². The van der Waals surface area contributed by atoms with Gasteiger partial charge < -0.3 is 20.5 Å². The summed E-state index contributed by atoms with van der Waals surface area (Å²) in [5.41, 5.74) is 9.75. The molecule has 246 valence electrons. The predicted molar refractivity (Wildman–Crippen MR) is 222 cm³/mol. The Labute approximate surface area is 301 Å². The van der Waals surface area contributed by atoms with Crippen LogP contribution in [0.5, 0.6) is 0 Å². The third kappa shape index (κ3) is 5.26. The molecule has 4 nitrogen and oxygen atoms in total. The van der Waals surface area contributed by atoms with Crippen LogP contribution in [0.1, 0.15) is 0 Å². The number of aromatic nitrogens is 1. The van der Waals surface area contributed by atoms with E-state index in [1.807, 2.05) is 0 Å². The fraction of sp³-hybridized carbons (Fsp3) is 0. The number of benzene rings is 9. The van der Waals surface area contributed by atoms with Crippen molar-refractivity contribution in [2.45, 2.75) is 0 Å². The Hall–Kier alpha value is -7.04. The first kappa shape index (κ1) is 29.8. The van der Waals surface area contributed by atoms with Crippen LogP contribution in [0.2, 0.25) is 0 Å². The Morgan fingerprint density at radius 1 is 0.288 bits per heavy atom. The third-order valence-electron chi connectivity index (χ3n) is 10.1. The van der Waals surface area contributed by atoms with Crippen molar-refractivity contribution in [1.82, 2.24) is 4.57 Å². The molecule has 1 aromatic heterocycles. The second-order valence-corrected chi connectivity index (χ2v) is 13.3. The lowest BCUT2D eigenvalue weighted by molar-refractivity contribution is 1.18. The zero-order chi connectivity index (χ0) is 34.4. The van der Waals surface area contributed by atoms with Crippen molar-refractivity contribution in [3.63, 3.8) is 0 Å². The fourth-order valence-electron chi connectivity index (χ4n) is 7.62. The summed E-state index contributed by atoms with van der Waals surface area (Å²) in [4.78, 5) is 0. The van der Waals surface area contributed by atoms with Crippen molar-refractivity contribution < 1.29 is 0 Å². The molecule has 0 saturated heterocycles. The first-order valence-corrected chi connectivity index (χ1v) is 17.7. The minimum Gasteiger partial charge on any atom is -0.355 e. The van der Waals surface area contributed by atoms with Crippen LogP contribution in [-0.4, -0.2) is 4.57 Å². The van der Waals surface area contributed by atoms with Gasteiger partial charge in [-0.15, -0.1) is 0 Å². The molecular formula is C48H34N4. The minimum atomic E-state index is 1.04. The largest absolute Gasteiger partial charge is 0.355 e. The van der Waals surface area contributed by atoms with E-state index in [9.17, 15) is 0 Å². The van der Waals surface area contributed by atoms with Gasteiger partial charge in [-0.05, 0) is 82.9 Å². The summed E-state index contributed by atoms with van der Waals surface area (Å²) in [5, 5.41) is 20.8. The molecule has 10 rings (SSSR count). The zero-order valence-corrected chi connectivity index (χ0v) is 28.3. The van der Waals surface area contributed by atoms with E-state index in [4.69, 9.17) is 0 Å². The van der Waals surface area contributed by atoms with Crippen LogP contribution in [0, 0.1) is 0 Å². The van der Waals surface area contributed by atoms with Gasteiger partial charge in [0.1, 0.15) is 0 Å². The smallest absolute Gasteiger partial charge is 0.0561 e. The maximum atomic E-state index is 3.74. The van der Waals surface area contributed by atoms with Gasteiger partial charge in [-0.25, -0.2) is 0 Å². The number of hydrogen-bond acceptors (Lipinski definition) is 3. The summed E-state index contributed by atoms with van der Waals surface area (Å²) in [5.74, 6) is 0. The van der Waals surface area contributed by atoms with E-state index < -0.39 is 0 Å². The summed E-state index contributed by atoms with van der Waals surface area (Å²) in [6, 6.07) is 66.9. The number of rotatable bonds is 7. The van der Waals surface area contributed by atoms with Crippen LogP contribution < -0.4 is 16.0 Å². The van der Waals surface area contributed by atoms with Gasteiger partial charge in [0.15, 0.2) is 0 Å². The van der Waals surface area contributed by atoms with Crippen LogP contribution in [0.25, 0.3) is 59.8 Å². The molecule has 0 unspecified atom stereocenters. The normalized spacial score (nSPS) is 11.5. The lowest BCUT2D eigenvalue weighted by Crippen LogP contribution is -1.97. The molecule has 0 amide bonds. The van der Waals surface area contributed by atoms with Crippen molar-refractivity contribution in [2.24, 2.45) is 0 Å². The molecule has 4 heteroatoms. The Morgan fingerprint density at radius 3 is 1.10 bits per heavy atom. The average molecular weight is 667 g/mol. The lowest BCUT2D eigenvalue weighted by Gasteiger charge is -2.14. The minimum absolute atomic E-state index is 1.04. The quantitative estimate of drug-likeness (QED) is 0.159. The molecule has 0 bridgehead atoms. The van der Waals surface area contributed by atoms with E-state index in [2.05, 4.69) is 209 Å². The molecule has 0 saturated carbocycles. The highest BCUT2D eigenvalue weighted by Crippen LogP contribution is 2.38. The van der Waals surface area contributed by atoms with E-state index >= 15 is 0 Å². The molecule has 0 aliphatic heterocycles. The van der Waals surface area contributed by atoms with E-state index in [-0.39, 0.29) is 0 Å². The van der Waals surface area contributed by atoms with Gasteiger partial charge in [0.2, 0.25) is 0 Å². The molecule has 0 aliphatic rings. The molecule has 3 N–H and O–H groups in total. The van der Waals surface area contributed by atoms with Gasteiger partial charge >= 0.3 is 0 Å². The van der Waals surface area contributed by atoms with Crippen molar-refractivity contribution in [2.75, 3.05) is 16.0 Å². The first-order chi connectivity index (χ1) is 25.7. The topological polar surface area (TPSA) is 41.0 Å². The lowest BCUT2D eigenvalue weighted by atomic mass is 10.1. The highest BCUT2D eigenvalue weighted by molar-refractivity contribution is 6.11. The molecular weight excluding hydrogens is 633 g/mol. The molecule has 1 heterocycles. The highest BCUT2D eigenvalue weighted by atomic mass is 15.0. The molecule has 9 aromatic carbocycles. The van der Waals surface area contributed by atoms with E-state index in [1.165, 1.54) is 43.1 Å². The van der Waals surface area contributed by atoms with Crippen LogP contribution in [-0.2, 0) is 0 Å². The van der Waals surface area contributed by atoms with Gasteiger partial charge in [0.05, 0.1) is 11.0 Å². The summed E-state index contributed by atoms with van der Waals surface area (Å²) >= 11 is 0. The molecule has 0 atom stereocenters. The Morgan fingerprint density at radius 2 is 0.654 bits per heavy atom. The summed E-state index contributed by atoms with van der Waals surface area (Å²) < 4.78 is 2.38. The predicted octanol–water partition coefficient (Wildman–Crippen LogP) is 13.5. The van der Waals surface area contributed by atoms with Crippen molar-refractivity contribution in [1.29, 1.82) is 0 Å². The number of anilines is 6. The molecule has 0 spiro atoms. The third-order valence-corrected chi connectivity index (χ3v) is 10.1. The van der Waals surface area contributed by atoms with Crippen molar-refractivity contribution in [3.8, 4) is 5.69 Å². The average Bonchev–Trinajstić information content (AvgIpc) is 3.51. The molecule has 0 aliphatic carbocycles. The first-order valence-electron chi connectivity index (χ1n) is 17.7. The van der Waals surface area contributed by atoms with Crippen LogP contribution in [0.3, 0.4) is 0 Å². The Kier molecular flexibility index (Phi) is 7.10. The van der Waals surface area contributed by atoms with Crippen LogP contribution in [0.4, 0.5) is 34.1 Å². The van der Waals surface area contributed by atoms with Gasteiger partial charge in [-0.3, -0.25) is 0 Å². The maximum absolute atomic E-state index is 3.74. The fourth-order valence-corrected chi connectivity index (χ4v) is 7.62. The number of fused-ring (bicyclic) bond motifs is 6. The molecule has 52 heavy (non-hydrogen) atoms. The maximum Gasteiger partial charge on any atom is 0.0561 e. The van der Waals surface area contributed by atoms with Gasteiger partial charge in [0.25, 0.3) is 0 Å². The van der Waals surface area contributed by atoms with Gasteiger partial charge in [-0.2, -0.15) is 0 Å². The van der Waals surface area contributed by atoms with Gasteiger partial charge in [0, 0.05) is 66.7 Å². The Balaban J connectivity index is 1.09. The molecule has 10 aromatic rings.